The van der Waals surface area contributed by atoms with E-state index in [2.05, 4.69) is 35.7 Å². The first-order valence-electron chi connectivity index (χ1n) is 6.22. The van der Waals surface area contributed by atoms with Gasteiger partial charge in [0, 0.05) is 24.7 Å². The molecule has 100 valence electrons. The van der Waals surface area contributed by atoms with Crippen molar-refractivity contribution < 1.29 is 5.21 Å². The number of nitrogens with zero attached hydrogens (tertiary/aromatic N) is 2. The lowest BCUT2D eigenvalue weighted by Crippen LogP contribution is -2.29. The van der Waals surface area contributed by atoms with E-state index in [1.54, 1.807) is 0 Å². The van der Waals surface area contributed by atoms with Crippen molar-refractivity contribution in [2.24, 2.45) is 22.7 Å². The van der Waals surface area contributed by atoms with Crippen LogP contribution in [0, 0.1) is 11.8 Å². The summed E-state index contributed by atoms with van der Waals surface area (Å²) in [5.74, 6) is 0.820. The minimum absolute atomic E-state index is 0.113. The molecule has 2 unspecified atom stereocenters. The third-order valence-electron chi connectivity index (χ3n) is 3.47. The zero-order valence-corrected chi connectivity index (χ0v) is 11.4. The van der Waals surface area contributed by atoms with E-state index in [9.17, 15) is 0 Å². The van der Waals surface area contributed by atoms with E-state index in [1.807, 2.05) is 19.9 Å². The van der Waals surface area contributed by atoms with Gasteiger partial charge in [-0.25, -0.2) is 0 Å². The summed E-state index contributed by atoms with van der Waals surface area (Å²) in [4.78, 5) is 2.26. The number of hydrogen-bond donors (Lipinski definition) is 2. The molecule has 0 saturated carbocycles. The van der Waals surface area contributed by atoms with E-state index in [0.717, 1.165) is 24.4 Å². The number of allylic oxidation sites excluding steroid dienone is 4. The van der Waals surface area contributed by atoms with Gasteiger partial charge in [0.1, 0.15) is 5.84 Å². The number of oxime groups is 1. The second kappa shape index (κ2) is 6.28. The fourth-order valence-electron chi connectivity index (χ4n) is 2.29. The van der Waals surface area contributed by atoms with Crippen LogP contribution in [0.25, 0.3) is 0 Å². The smallest absolute Gasteiger partial charge is 0.144 e. The Bertz CT molecular complexity index is 396. The Balaban J connectivity index is 2.84. The van der Waals surface area contributed by atoms with Crippen LogP contribution < -0.4 is 5.73 Å². The maximum atomic E-state index is 8.78. The van der Waals surface area contributed by atoms with Crippen LogP contribution in [-0.4, -0.2) is 29.0 Å². The largest absolute Gasteiger partial charge is 0.409 e. The Hall–Kier alpha value is -1.71. The molecule has 1 saturated heterocycles. The number of amidine groups is 1. The van der Waals surface area contributed by atoms with Crippen molar-refractivity contribution in [1.82, 2.24) is 4.90 Å². The summed E-state index contributed by atoms with van der Waals surface area (Å²) < 4.78 is 0. The topological polar surface area (TPSA) is 61.8 Å². The molecule has 0 aliphatic carbocycles. The van der Waals surface area contributed by atoms with Crippen LogP contribution in [0.4, 0.5) is 0 Å². The van der Waals surface area contributed by atoms with Crippen LogP contribution in [-0.2, 0) is 0 Å². The minimum Gasteiger partial charge on any atom is -0.409 e. The van der Waals surface area contributed by atoms with Gasteiger partial charge in [-0.15, -0.1) is 0 Å². The van der Waals surface area contributed by atoms with Gasteiger partial charge in [0.2, 0.25) is 0 Å². The molecule has 0 bridgehead atoms. The van der Waals surface area contributed by atoms with E-state index < -0.39 is 0 Å². The maximum Gasteiger partial charge on any atom is 0.144 e. The maximum absolute atomic E-state index is 8.78. The molecule has 0 aromatic heterocycles. The highest BCUT2D eigenvalue weighted by Crippen LogP contribution is 2.27. The second-order valence-electron chi connectivity index (χ2n) is 4.82. The van der Waals surface area contributed by atoms with Crippen molar-refractivity contribution in [2.75, 3.05) is 13.1 Å². The summed E-state index contributed by atoms with van der Waals surface area (Å²) in [5, 5.41) is 11.9. The molecule has 1 fully saturated rings. The summed E-state index contributed by atoms with van der Waals surface area (Å²) in [6, 6.07) is 0. The van der Waals surface area contributed by atoms with Gasteiger partial charge >= 0.3 is 0 Å². The Morgan fingerprint density at radius 1 is 1.50 bits per heavy atom. The quantitative estimate of drug-likeness (QED) is 0.264. The van der Waals surface area contributed by atoms with E-state index in [0.29, 0.717) is 11.8 Å². The molecule has 0 amide bonds. The van der Waals surface area contributed by atoms with E-state index in [-0.39, 0.29) is 5.92 Å². The molecule has 4 nitrogen and oxygen atoms in total. The van der Waals surface area contributed by atoms with Gasteiger partial charge in [-0.1, -0.05) is 30.8 Å². The molecule has 3 N–H and O–H groups in total. The first-order valence-corrected chi connectivity index (χ1v) is 6.22. The zero-order chi connectivity index (χ0) is 13.7. The molecule has 1 aliphatic heterocycles. The average Bonchev–Trinajstić information content (AvgIpc) is 2.76. The number of hydrogen-bond acceptors (Lipinski definition) is 3. The molecule has 0 aromatic rings. The normalized spacial score (nSPS) is 26.6. The van der Waals surface area contributed by atoms with Crippen LogP contribution in [0.3, 0.4) is 0 Å². The van der Waals surface area contributed by atoms with E-state index in [4.69, 9.17) is 10.9 Å². The predicted octanol–water partition coefficient (Wildman–Crippen LogP) is 2.34. The third kappa shape index (κ3) is 3.15. The minimum atomic E-state index is 0.113. The lowest BCUT2D eigenvalue weighted by molar-refractivity contribution is 0.312. The molecule has 0 spiro atoms. The Kier molecular flexibility index (Phi) is 5.01. The van der Waals surface area contributed by atoms with Crippen molar-refractivity contribution >= 4 is 5.84 Å². The van der Waals surface area contributed by atoms with Crippen molar-refractivity contribution in [2.45, 2.75) is 20.8 Å². The van der Waals surface area contributed by atoms with Gasteiger partial charge in [0.15, 0.2) is 0 Å². The predicted molar refractivity (Wildman–Crippen MR) is 75.3 cm³/mol. The van der Waals surface area contributed by atoms with Gasteiger partial charge in [0.05, 0.1) is 0 Å². The summed E-state index contributed by atoms with van der Waals surface area (Å²) >= 11 is 0. The Labute approximate surface area is 109 Å². The fourth-order valence-corrected chi connectivity index (χ4v) is 2.29. The molecule has 1 rings (SSSR count). The molecule has 1 heterocycles. The number of rotatable bonds is 4. The van der Waals surface area contributed by atoms with E-state index >= 15 is 0 Å². The zero-order valence-electron chi connectivity index (χ0n) is 11.4. The summed E-state index contributed by atoms with van der Waals surface area (Å²) in [7, 11) is 0. The van der Waals surface area contributed by atoms with Crippen LogP contribution >= 0.6 is 0 Å². The monoisotopic (exact) mass is 249 g/mol. The fraction of sp³-hybridized carbons (Fsp3) is 0.500. The second-order valence-corrected chi connectivity index (χ2v) is 4.82. The van der Waals surface area contributed by atoms with Gasteiger partial charge in [0.25, 0.3) is 0 Å². The molecule has 2 atom stereocenters. The van der Waals surface area contributed by atoms with E-state index in [1.165, 1.54) is 0 Å². The molecule has 1 aliphatic rings. The molecular weight excluding hydrogens is 226 g/mol. The Morgan fingerprint density at radius 3 is 2.67 bits per heavy atom. The summed E-state index contributed by atoms with van der Waals surface area (Å²) in [5.41, 5.74) is 8.01. The highest BCUT2D eigenvalue weighted by Gasteiger charge is 2.32. The van der Waals surface area contributed by atoms with Crippen LogP contribution in [0.5, 0.6) is 0 Å². The first kappa shape index (κ1) is 14.4. The highest BCUT2D eigenvalue weighted by atomic mass is 16.4. The van der Waals surface area contributed by atoms with Crippen molar-refractivity contribution in [3.63, 3.8) is 0 Å². The Morgan fingerprint density at radius 2 is 2.17 bits per heavy atom. The lowest BCUT2D eigenvalue weighted by Gasteiger charge is -2.20. The molecule has 18 heavy (non-hydrogen) atoms. The van der Waals surface area contributed by atoms with Gasteiger partial charge < -0.3 is 15.8 Å². The number of likely N-dealkylation sites (tertiary alicyclic amines) is 1. The standard InChI is InChI=1S/C14H23N3O/c1-5-10(3)7-12(6-2)17-8-11(4)13(9-17)14(15)16-18/h5-7,11,13,18H,1,8-9H2,2-4H3,(H2,15,16)/b10-7-,12-6+. The molecule has 0 aromatic carbocycles. The van der Waals surface area contributed by atoms with Crippen molar-refractivity contribution in [1.29, 1.82) is 0 Å². The first-order chi connectivity index (χ1) is 8.53. The van der Waals surface area contributed by atoms with Crippen molar-refractivity contribution in [3.05, 3.63) is 36.1 Å². The van der Waals surface area contributed by atoms with Crippen LogP contribution in [0.1, 0.15) is 20.8 Å². The van der Waals surface area contributed by atoms with Gasteiger partial charge in [-0.3, -0.25) is 0 Å². The van der Waals surface area contributed by atoms with Crippen LogP contribution in [0.2, 0.25) is 0 Å². The van der Waals surface area contributed by atoms with Crippen molar-refractivity contribution in [3.8, 4) is 0 Å². The summed E-state index contributed by atoms with van der Waals surface area (Å²) in [6.45, 7) is 11.6. The van der Waals surface area contributed by atoms with Gasteiger partial charge in [-0.05, 0) is 31.4 Å². The average molecular weight is 249 g/mol. The molecule has 0 radical (unpaired) electrons. The third-order valence-corrected chi connectivity index (χ3v) is 3.47. The lowest BCUT2D eigenvalue weighted by atomic mass is 9.97. The number of nitrogens with two attached hydrogens (primary N) is 1. The van der Waals surface area contributed by atoms with Crippen LogP contribution in [0.15, 0.2) is 41.2 Å². The van der Waals surface area contributed by atoms with Gasteiger partial charge in [-0.2, -0.15) is 0 Å². The molecular formula is C14H23N3O. The highest BCUT2D eigenvalue weighted by molar-refractivity contribution is 5.83. The SMILES string of the molecule is C=C/C(C)=C\C(=C/C)N1CC(C)C(/C(N)=N/O)C1. The summed E-state index contributed by atoms with van der Waals surface area (Å²) in [6.07, 6.45) is 6.02. The molecule has 4 heteroatoms.